The highest BCUT2D eigenvalue weighted by molar-refractivity contribution is 5.72. The number of ether oxygens (including phenoxy) is 1. The fourth-order valence-corrected chi connectivity index (χ4v) is 3.94. The number of carboxylic acids is 1. The maximum atomic E-state index is 11.5. The average molecular weight is 361 g/mol. The van der Waals surface area contributed by atoms with Crippen LogP contribution in [0.15, 0.2) is 24.3 Å². The van der Waals surface area contributed by atoms with Crippen molar-refractivity contribution in [2.24, 2.45) is 0 Å². The number of carboxylic acid groups (broad SMARTS) is 1. The van der Waals surface area contributed by atoms with Gasteiger partial charge in [0.05, 0.1) is 0 Å². The molecule has 0 heterocycles. The summed E-state index contributed by atoms with van der Waals surface area (Å²) in [5, 5.41) is 9.44. The molecule has 1 saturated carbocycles. The summed E-state index contributed by atoms with van der Waals surface area (Å²) in [6, 6.07) is 8.14. The van der Waals surface area contributed by atoms with E-state index in [0.29, 0.717) is 18.1 Å². The van der Waals surface area contributed by atoms with Crippen LogP contribution in [0.3, 0.4) is 0 Å². The lowest BCUT2D eigenvalue weighted by Crippen LogP contribution is -2.26. The van der Waals surface area contributed by atoms with Crippen molar-refractivity contribution in [3.63, 3.8) is 0 Å². The Kier molecular flexibility index (Phi) is 9.58. The summed E-state index contributed by atoms with van der Waals surface area (Å²) < 4.78 is 5.76. The molecule has 0 saturated heterocycles. The van der Waals surface area contributed by atoms with Crippen LogP contribution in [0.4, 0.5) is 0 Å². The van der Waals surface area contributed by atoms with Crippen molar-refractivity contribution in [2.45, 2.75) is 102 Å². The molecule has 1 N–H and O–H groups in total. The second-order valence-electron chi connectivity index (χ2n) is 7.76. The van der Waals surface area contributed by atoms with Gasteiger partial charge in [0.1, 0.15) is 5.75 Å². The molecule has 1 aliphatic carbocycles. The average Bonchev–Trinajstić information content (AvgIpc) is 2.67. The zero-order chi connectivity index (χ0) is 18.6. The topological polar surface area (TPSA) is 46.5 Å². The molecule has 3 nitrogen and oxygen atoms in total. The van der Waals surface area contributed by atoms with Gasteiger partial charge < -0.3 is 9.84 Å². The highest BCUT2D eigenvalue weighted by atomic mass is 16.5. The second kappa shape index (κ2) is 12.0. The van der Waals surface area contributed by atoms with Crippen LogP contribution in [0, 0.1) is 0 Å². The summed E-state index contributed by atoms with van der Waals surface area (Å²) in [7, 11) is 0. The minimum Gasteiger partial charge on any atom is -0.479 e. The Hall–Kier alpha value is -1.51. The standard InChI is InChI=1S/C23H36O3/c1-2-3-4-5-6-7-11-14-22(23(24)25)26-21-17-15-20(16-18-21)19-12-9-8-10-13-19/h15-19,22H,2-14H2,1H3,(H,24,25). The van der Waals surface area contributed by atoms with Crippen molar-refractivity contribution < 1.29 is 14.6 Å². The fraction of sp³-hybridized carbons (Fsp3) is 0.696. The lowest BCUT2D eigenvalue weighted by Gasteiger charge is -2.22. The van der Waals surface area contributed by atoms with Crippen molar-refractivity contribution in [2.75, 3.05) is 0 Å². The molecule has 146 valence electrons. The lowest BCUT2D eigenvalue weighted by molar-refractivity contribution is -0.145. The Labute approximate surface area is 159 Å². The van der Waals surface area contributed by atoms with E-state index in [9.17, 15) is 9.90 Å². The molecule has 0 aliphatic heterocycles. The van der Waals surface area contributed by atoms with Gasteiger partial charge in [-0.2, -0.15) is 0 Å². The van der Waals surface area contributed by atoms with Gasteiger partial charge in [-0.3, -0.25) is 0 Å². The third kappa shape index (κ3) is 7.39. The summed E-state index contributed by atoms with van der Waals surface area (Å²) in [4.78, 5) is 11.5. The number of hydrogen-bond acceptors (Lipinski definition) is 2. The Morgan fingerprint density at radius 2 is 1.62 bits per heavy atom. The maximum absolute atomic E-state index is 11.5. The molecule has 1 fully saturated rings. The van der Waals surface area contributed by atoms with Crippen LogP contribution in [-0.4, -0.2) is 17.2 Å². The monoisotopic (exact) mass is 360 g/mol. The Morgan fingerprint density at radius 1 is 1.00 bits per heavy atom. The zero-order valence-corrected chi connectivity index (χ0v) is 16.4. The first-order valence-electron chi connectivity index (χ1n) is 10.7. The molecule has 0 amide bonds. The minimum atomic E-state index is -0.854. The number of carbonyl (C=O) groups is 1. The van der Waals surface area contributed by atoms with E-state index in [4.69, 9.17) is 4.74 Å². The molecule has 1 atom stereocenters. The molecule has 0 bridgehead atoms. The molecule has 3 heteroatoms. The number of benzene rings is 1. The van der Waals surface area contributed by atoms with Gasteiger partial charge in [-0.1, -0.05) is 76.8 Å². The summed E-state index contributed by atoms with van der Waals surface area (Å²) in [5.41, 5.74) is 1.37. The predicted molar refractivity (Wildman–Crippen MR) is 107 cm³/mol. The predicted octanol–water partition coefficient (Wildman–Crippen LogP) is 6.71. The number of hydrogen-bond donors (Lipinski definition) is 1. The Morgan fingerprint density at radius 3 is 2.23 bits per heavy atom. The van der Waals surface area contributed by atoms with Crippen molar-refractivity contribution >= 4 is 5.97 Å². The zero-order valence-electron chi connectivity index (χ0n) is 16.4. The van der Waals surface area contributed by atoms with Gasteiger partial charge in [0.25, 0.3) is 0 Å². The highest BCUT2D eigenvalue weighted by Crippen LogP contribution is 2.33. The molecular weight excluding hydrogens is 324 g/mol. The second-order valence-corrected chi connectivity index (χ2v) is 7.76. The minimum absolute atomic E-state index is 0.591. The smallest absolute Gasteiger partial charge is 0.344 e. The molecule has 1 aromatic carbocycles. The lowest BCUT2D eigenvalue weighted by atomic mass is 9.84. The van der Waals surface area contributed by atoms with Crippen LogP contribution in [0.25, 0.3) is 0 Å². The SMILES string of the molecule is CCCCCCCCCC(Oc1ccc(C2CCCCC2)cc1)C(=O)O. The van der Waals surface area contributed by atoms with Gasteiger partial charge in [-0.25, -0.2) is 4.79 Å². The van der Waals surface area contributed by atoms with Gasteiger partial charge in [-0.15, -0.1) is 0 Å². The molecule has 0 radical (unpaired) electrons. The van der Waals surface area contributed by atoms with E-state index in [1.54, 1.807) is 0 Å². The van der Waals surface area contributed by atoms with Crippen LogP contribution < -0.4 is 4.74 Å². The van der Waals surface area contributed by atoms with E-state index in [2.05, 4.69) is 19.1 Å². The molecule has 1 aliphatic rings. The summed E-state index contributed by atoms with van der Waals surface area (Å²) in [5.74, 6) is 0.494. The van der Waals surface area contributed by atoms with Crippen LogP contribution >= 0.6 is 0 Å². The van der Waals surface area contributed by atoms with Crippen molar-refractivity contribution in [1.82, 2.24) is 0 Å². The van der Waals surface area contributed by atoms with Crippen LogP contribution in [0.2, 0.25) is 0 Å². The molecule has 1 aromatic rings. The van der Waals surface area contributed by atoms with Crippen molar-refractivity contribution in [3.05, 3.63) is 29.8 Å². The molecule has 0 spiro atoms. The Bertz CT molecular complexity index is 503. The van der Waals surface area contributed by atoms with E-state index in [1.165, 1.54) is 69.8 Å². The number of unbranched alkanes of at least 4 members (excludes halogenated alkanes) is 6. The number of rotatable bonds is 12. The van der Waals surface area contributed by atoms with Crippen LogP contribution in [0.1, 0.15) is 102 Å². The third-order valence-corrected chi connectivity index (χ3v) is 5.58. The first-order valence-corrected chi connectivity index (χ1v) is 10.7. The summed E-state index contributed by atoms with van der Waals surface area (Å²) in [6.45, 7) is 2.22. The fourth-order valence-electron chi connectivity index (χ4n) is 3.94. The van der Waals surface area contributed by atoms with Crippen molar-refractivity contribution in [1.29, 1.82) is 0 Å². The van der Waals surface area contributed by atoms with E-state index < -0.39 is 12.1 Å². The first-order chi connectivity index (χ1) is 12.7. The van der Waals surface area contributed by atoms with E-state index in [1.807, 2.05) is 12.1 Å². The molecule has 26 heavy (non-hydrogen) atoms. The molecule has 0 aromatic heterocycles. The van der Waals surface area contributed by atoms with Gasteiger partial charge in [0.15, 0.2) is 6.10 Å². The normalized spacial score (nSPS) is 16.3. The number of aliphatic carboxylic acids is 1. The van der Waals surface area contributed by atoms with Crippen LogP contribution in [0.5, 0.6) is 5.75 Å². The Balaban J connectivity index is 1.75. The van der Waals surface area contributed by atoms with E-state index in [0.717, 1.165) is 12.8 Å². The van der Waals surface area contributed by atoms with Crippen molar-refractivity contribution in [3.8, 4) is 5.75 Å². The summed E-state index contributed by atoms with van der Waals surface area (Å²) in [6.07, 6.45) is 14.7. The maximum Gasteiger partial charge on any atom is 0.344 e. The van der Waals surface area contributed by atoms with E-state index >= 15 is 0 Å². The van der Waals surface area contributed by atoms with Gasteiger partial charge in [-0.05, 0) is 49.3 Å². The first kappa shape index (κ1) is 20.8. The molecular formula is C23H36O3. The third-order valence-electron chi connectivity index (χ3n) is 5.58. The van der Waals surface area contributed by atoms with E-state index in [-0.39, 0.29) is 0 Å². The molecule has 1 unspecified atom stereocenters. The molecule has 2 rings (SSSR count). The van der Waals surface area contributed by atoms with Gasteiger partial charge in [0, 0.05) is 0 Å². The summed E-state index contributed by atoms with van der Waals surface area (Å²) >= 11 is 0. The largest absolute Gasteiger partial charge is 0.479 e. The quantitative estimate of drug-likeness (QED) is 0.421. The van der Waals surface area contributed by atoms with Crippen LogP contribution in [-0.2, 0) is 4.79 Å². The van der Waals surface area contributed by atoms with Gasteiger partial charge >= 0.3 is 5.97 Å². The highest BCUT2D eigenvalue weighted by Gasteiger charge is 2.20. The van der Waals surface area contributed by atoms with Gasteiger partial charge in [0.2, 0.25) is 0 Å².